The molecule has 0 amide bonds. The van der Waals surface area contributed by atoms with Crippen LogP contribution >= 0.6 is 0 Å². The summed E-state index contributed by atoms with van der Waals surface area (Å²) >= 11 is 0. The van der Waals surface area contributed by atoms with Crippen molar-refractivity contribution in [1.82, 2.24) is 0 Å². The van der Waals surface area contributed by atoms with Crippen LogP contribution in [-0.2, 0) is 0 Å². The van der Waals surface area contributed by atoms with E-state index in [1.54, 1.807) is 7.11 Å². The van der Waals surface area contributed by atoms with Gasteiger partial charge in [0.05, 0.1) is 18.8 Å². The number of allylic oxidation sites excluding steroid dienone is 2. The molecule has 0 fully saturated rings. The Balaban J connectivity index is 1.63. The molecule has 0 saturated carbocycles. The number of benzene rings is 3. The Morgan fingerprint density at radius 3 is 2.72 bits per heavy atom. The highest BCUT2D eigenvalue weighted by atomic mass is 16.5. The molecule has 3 aromatic rings. The van der Waals surface area contributed by atoms with E-state index in [1.807, 2.05) is 6.07 Å². The number of fused-ring (bicyclic) bond motifs is 4. The predicted molar refractivity (Wildman–Crippen MR) is 103 cm³/mol. The van der Waals surface area contributed by atoms with E-state index in [2.05, 4.69) is 72.1 Å². The molecule has 1 aliphatic carbocycles. The Hall–Kier alpha value is -2.74. The van der Waals surface area contributed by atoms with E-state index in [0.717, 1.165) is 17.9 Å². The molecule has 1 aliphatic heterocycles. The second-order valence-electron chi connectivity index (χ2n) is 7.01. The first-order valence-electron chi connectivity index (χ1n) is 8.94. The van der Waals surface area contributed by atoms with E-state index in [-0.39, 0.29) is 0 Å². The molecule has 3 atom stereocenters. The van der Waals surface area contributed by atoms with Crippen molar-refractivity contribution in [3.05, 3.63) is 83.9 Å². The Kier molecular flexibility index (Phi) is 3.30. The van der Waals surface area contributed by atoms with Crippen LogP contribution in [0.15, 0.2) is 72.8 Å². The molecule has 0 saturated heterocycles. The van der Waals surface area contributed by atoms with Crippen LogP contribution in [0.2, 0.25) is 0 Å². The van der Waals surface area contributed by atoms with Gasteiger partial charge in [0.1, 0.15) is 5.75 Å². The second kappa shape index (κ2) is 5.66. The summed E-state index contributed by atoms with van der Waals surface area (Å²) in [5.74, 6) is 1.95. The molecule has 0 spiro atoms. The number of ether oxygens (including phenoxy) is 1. The highest BCUT2D eigenvalue weighted by molar-refractivity contribution is 5.83. The van der Waals surface area contributed by atoms with Gasteiger partial charge in [0.25, 0.3) is 0 Å². The minimum Gasteiger partial charge on any atom is -0.495 e. The molecule has 3 unspecified atom stereocenters. The van der Waals surface area contributed by atoms with Gasteiger partial charge in [-0.15, -0.1) is 0 Å². The number of rotatable bonds is 2. The van der Waals surface area contributed by atoms with E-state index >= 15 is 0 Å². The molecule has 0 aromatic heterocycles. The van der Waals surface area contributed by atoms with Gasteiger partial charge in [-0.25, -0.2) is 0 Å². The van der Waals surface area contributed by atoms with Gasteiger partial charge in [0.15, 0.2) is 0 Å². The molecular weight excluding hydrogens is 306 g/mol. The quantitative estimate of drug-likeness (QED) is 0.612. The lowest BCUT2D eigenvalue weighted by Gasteiger charge is -2.38. The van der Waals surface area contributed by atoms with Crippen LogP contribution in [0.5, 0.6) is 5.75 Å². The van der Waals surface area contributed by atoms with Crippen molar-refractivity contribution in [2.75, 3.05) is 12.4 Å². The Morgan fingerprint density at radius 1 is 0.960 bits per heavy atom. The number of methoxy groups -OCH3 is 1. The van der Waals surface area contributed by atoms with E-state index in [9.17, 15) is 0 Å². The summed E-state index contributed by atoms with van der Waals surface area (Å²) in [5, 5.41) is 6.40. The van der Waals surface area contributed by atoms with Crippen molar-refractivity contribution < 1.29 is 4.74 Å². The highest BCUT2D eigenvalue weighted by Crippen LogP contribution is 2.52. The van der Waals surface area contributed by atoms with Gasteiger partial charge in [-0.3, -0.25) is 0 Å². The molecule has 124 valence electrons. The third kappa shape index (κ3) is 2.25. The molecule has 0 radical (unpaired) electrons. The fourth-order valence-corrected chi connectivity index (χ4v) is 4.49. The van der Waals surface area contributed by atoms with Gasteiger partial charge in [-0.1, -0.05) is 60.7 Å². The van der Waals surface area contributed by atoms with Crippen LogP contribution < -0.4 is 10.1 Å². The van der Waals surface area contributed by atoms with Gasteiger partial charge in [0, 0.05) is 5.92 Å². The highest BCUT2D eigenvalue weighted by Gasteiger charge is 2.38. The van der Waals surface area contributed by atoms with Crippen molar-refractivity contribution >= 4 is 16.5 Å². The van der Waals surface area contributed by atoms with E-state index in [4.69, 9.17) is 4.74 Å². The summed E-state index contributed by atoms with van der Waals surface area (Å²) in [6.07, 6.45) is 5.82. The van der Waals surface area contributed by atoms with E-state index in [1.165, 1.54) is 21.9 Å². The first-order valence-corrected chi connectivity index (χ1v) is 8.94. The first kappa shape index (κ1) is 14.6. The molecule has 2 aliphatic rings. The van der Waals surface area contributed by atoms with Crippen LogP contribution in [0.25, 0.3) is 10.8 Å². The lowest BCUT2D eigenvalue weighted by Crippen LogP contribution is -2.29. The molecule has 2 heteroatoms. The number of hydrogen-bond acceptors (Lipinski definition) is 2. The topological polar surface area (TPSA) is 21.3 Å². The number of anilines is 1. The van der Waals surface area contributed by atoms with Crippen LogP contribution in [0.3, 0.4) is 0 Å². The fraction of sp³-hybridized carbons (Fsp3) is 0.217. The summed E-state index contributed by atoms with van der Waals surface area (Å²) in [5.41, 5.74) is 3.86. The molecular formula is C23H21NO. The Bertz CT molecular complexity index is 975. The molecule has 0 bridgehead atoms. The largest absolute Gasteiger partial charge is 0.495 e. The number of para-hydroxylation sites is 1. The van der Waals surface area contributed by atoms with Gasteiger partial charge in [0.2, 0.25) is 0 Å². The molecule has 25 heavy (non-hydrogen) atoms. The number of nitrogens with one attached hydrogen (secondary N) is 1. The molecule has 1 N–H and O–H groups in total. The fourth-order valence-electron chi connectivity index (χ4n) is 4.49. The Morgan fingerprint density at radius 2 is 1.84 bits per heavy atom. The lowest BCUT2D eigenvalue weighted by atomic mass is 9.76. The minimum atomic E-state index is 0.299. The smallest absolute Gasteiger partial charge is 0.142 e. The third-order valence-corrected chi connectivity index (χ3v) is 5.71. The van der Waals surface area contributed by atoms with Crippen molar-refractivity contribution in [3.63, 3.8) is 0 Å². The normalized spacial score (nSPS) is 23.8. The van der Waals surface area contributed by atoms with Gasteiger partial charge < -0.3 is 10.1 Å². The summed E-state index contributed by atoms with van der Waals surface area (Å²) in [6.45, 7) is 0. The maximum atomic E-state index is 5.63. The van der Waals surface area contributed by atoms with Gasteiger partial charge in [-0.2, -0.15) is 0 Å². The standard InChI is InChI=1S/C23H21NO/c1-25-21-11-5-10-20-18-8-4-9-19(18)22(24-23(20)21)17-13-12-15-6-2-3-7-16(15)14-17/h2-8,10-14,18-19,22,24H,9H2,1H3. The zero-order valence-electron chi connectivity index (χ0n) is 14.3. The van der Waals surface area contributed by atoms with Crippen LogP contribution in [0, 0.1) is 5.92 Å². The average Bonchev–Trinajstić information content (AvgIpc) is 3.16. The maximum absolute atomic E-state index is 5.63. The minimum absolute atomic E-state index is 0.299. The lowest BCUT2D eigenvalue weighted by molar-refractivity contribution is 0.397. The predicted octanol–water partition coefficient (Wildman–Crippen LogP) is 5.67. The molecule has 5 rings (SSSR count). The summed E-state index contributed by atoms with van der Waals surface area (Å²) < 4.78 is 5.63. The van der Waals surface area contributed by atoms with Gasteiger partial charge in [-0.05, 0) is 46.4 Å². The maximum Gasteiger partial charge on any atom is 0.142 e. The van der Waals surface area contributed by atoms with E-state index < -0.39 is 0 Å². The van der Waals surface area contributed by atoms with E-state index in [0.29, 0.717) is 17.9 Å². The van der Waals surface area contributed by atoms with Crippen molar-refractivity contribution in [3.8, 4) is 5.75 Å². The van der Waals surface area contributed by atoms with Crippen molar-refractivity contribution in [1.29, 1.82) is 0 Å². The summed E-state index contributed by atoms with van der Waals surface area (Å²) in [7, 11) is 1.75. The molecule has 2 nitrogen and oxygen atoms in total. The molecule has 3 aromatic carbocycles. The average molecular weight is 327 g/mol. The molecule has 1 heterocycles. The van der Waals surface area contributed by atoms with Crippen molar-refractivity contribution in [2.24, 2.45) is 5.92 Å². The zero-order valence-corrected chi connectivity index (χ0v) is 14.3. The van der Waals surface area contributed by atoms with Gasteiger partial charge >= 0.3 is 0 Å². The zero-order chi connectivity index (χ0) is 16.8. The van der Waals surface area contributed by atoms with Crippen molar-refractivity contribution in [2.45, 2.75) is 18.4 Å². The summed E-state index contributed by atoms with van der Waals surface area (Å²) in [4.78, 5) is 0. The first-order chi connectivity index (χ1) is 12.3. The number of hydrogen-bond donors (Lipinski definition) is 1. The summed E-state index contributed by atoms with van der Waals surface area (Å²) in [6, 6.07) is 22.1. The van der Waals surface area contributed by atoms with Crippen LogP contribution in [0.4, 0.5) is 5.69 Å². The monoisotopic (exact) mass is 327 g/mol. The Labute approximate surface area is 148 Å². The van der Waals surface area contributed by atoms with Crippen LogP contribution in [-0.4, -0.2) is 7.11 Å². The van der Waals surface area contributed by atoms with Crippen LogP contribution in [0.1, 0.15) is 29.5 Å². The third-order valence-electron chi connectivity index (χ3n) is 5.71. The second-order valence-corrected chi connectivity index (χ2v) is 7.01. The SMILES string of the molecule is COc1cccc2c1NC(c1ccc3ccccc3c1)C1CC=CC21.